The zero-order valence-corrected chi connectivity index (χ0v) is 5.51. The van der Waals surface area contributed by atoms with Gasteiger partial charge in [0.2, 0.25) is 5.91 Å². The van der Waals surface area contributed by atoms with Crippen LogP contribution in [-0.4, -0.2) is 18.1 Å². The molecule has 52 valence electrons. The second-order valence-electron chi connectivity index (χ2n) is 1.52. The van der Waals surface area contributed by atoms with Gasteiger partial charge in [-0.25, -0.2) is 9.13 Å². The summed E-state index contributed by atoms with van der Waals surface area (Å²) in [4.78, 5) is 10.1. The molecule has 0 aromatic carbocycles. The quantitative estimate of drug-likeness (QED) is 0.502. The van der Waals surface area contributed by atoms with Gasteiger partial charge in [0.1, 0.15) is 0 Å². The molecule has 1 amide bonds. The first-order valence-electron chi connectivity index (χ1n) is 2.20. The van der Waals surface area contributed by atoms with Crippen molar-refractivity contribution in [2.75, 3.05) is 6.16 Å². The molecule has 0 spiro atoms. The number of hydrogen-bond donors (Lipinski definition) is 2. The van der Waals surface area contributed by atoms with Crippen LogP contribution < -0.4 is 11.5 Å². The third-order valence-corrected chi connectivity index (χ3v) is 1.40. The monoisotopic (exact) mass is 150 g/mol. The second-order valence-corrected chi connectivity index (χ2v) is 2.55. The van der Waals surface area contributed by atoms with Gasteiger partial charge in [-0.1, -0.05) is 0 Å². The Hall–Kier alpha value is -0.670. The average molecular weight is 150 g/mol. The smallest absolute Gasteiger partial charge is 0.317 e. The Balaban J connectivity index is 3.77. The van der Waals surface area contributed by atoms with Crippen molar-refractivity contribution in [2.45, 2.75) is 6.04 Å². The van der Waals surface area contributed by atoms with E-state index in [9.17, 15) is 13.9 Å². The van der Waals surface area contributed by atoms with Crippen LogP contribution in [0.2, 0.25) is 0 Å². The fraction of sp³-hybridized carbons (Fsp3) is 0.667. The van der Waals surface area contributed by atoms with Crippen LogP contribution in [0.3, 0.4) is 0 Å². The maximum atomic E-state index is 10.1. The molecule has 0 aliphatic heterocycles. The Bertz CT molecular complexity index is 168. The van der Waals surface area contributed by atoms with Crippen molar-refractivity contribution in [2.24, 2.45) is 11.5 Å². The largest absolute Gasteiger partial charge is 0.368 e. The molecule has 4 N–H and O–H groups in total. The Morgan fingerprint density at radius 1 is 1.56 bits per heavy atom. The standard InChI is InChI=1S/C3H7N2O3P/c4-2(3(5)6)1-9(7)8/h2H,1,4H2,(H2,5,6). The number of primary amides is 1. The molecule has 5 nitrogen and oxygen atoms in total. The minimum absolute atomic E-state index is 0.370. The van der Waals surface area contributed by atoms with Crippen LogP contribution in [0.1, 0.15) is 0 Å². The molecule has 0 rings (SSSR count). The molecule has 0 heterocycles. The fourth-order valence-corrected chi connectivity index (χ4v) is 0.752. The first-order chi connectivity index (χ1) is 4.04. The van der Waals surface area contributed by atoms with Gasteiger partial charge in [-0.15, -0.1) is 0 Å². The second kappa shape index (κ2) is 3.37. The lowest BCUT2D eigenvalue weighted by molar-refractivity contribution is -0.118. The highest BCUT2D eigenvalue weighted by atomic mass is 31.1. The number of carbonyl (C=O) groups excluding carboxylic acids is 1. The summed E-state index contributed by atoms with van der Waals surface area (Å²) in [6.45, 7) is 0. The predicted octanol–water partition coefficient (Wildman–Crippen LogP) is -1.03. The van der Waals surface area contributed by atoms with E-state index in [1.165, 1.54) is 0 Å². The van der Waals surface area contributed by atoms with Crippen molar-refractivity contribution in [3.8, 4) is 0 Å². The van der Waals surface area contributed by atoms with E-state index in [0.717, 1.165) is 0 Å². The highest BCUT2D eigenvalue weighted by Gasteiger charge is 2.10. The van der Waals surface area contributed by atoms with Crippen molar-refractivity contribution >= 4 is 13.6 Å². The lowest BCUT2D eigenvalue weighted by Crippen LogP contribution is -2.37. The molecule has 9 heavy (non-hydrogen) atoms. The maximum Gasteiger partial charge on any atom is 0.317 e. The molecular formula is C3H7N2O3P. The summed E-state index contributed by atoms with van der Waals surface area (Å²) in [7, 11) is -2.60. The molecule has 6 heteroatoms. The van der Waals surface area contributed by atoms with Gasteiger partial charge in [0.25, 0.3) is 0 Å². The minimum atomic E-state index is -2.60. The summed E-state index contributed by atoms with van der Waals surface area (Å²) >= 11 is 0. The van der Waals surface area contributed by atoms with Gasteiger partial charge < -0.3 is 11.5 Å². The number of hydrogen-bond acceptors (Lipinski definition) is 4. The first kappa shape index (κ1) is 8.33. The Morgan fingerprint density at radius 2 is 2.00 bits per heavy atom. The van der Waals surface area contributed by atoms with E-state index in [2.05, 4.69) is 5.73 Å². The Labute approximate surface area is 52.2 Å². The average Bonchev–Trinajstić information content (AvgIpc) is 1.63. The van der Waals surface area contributed by atoms with E-state index in [-0.39, 0.29) is 6.16 Å². The molecular weight excluding hydrogens is 143 g/mol. The van der Waals surface area contributed by atoms with Crippen LogP contribution >= 0.6 is 7.68 Å². The molecule has 0 aliphatic carbocycles. The molecule has 0 saturated carbocycles. The third kappa shape index (κ3) is 3.88. The molecule has 1 atom stereocenters. The number of nitrogens with two attached hydrogens (primary N) is 2. The van der Waals surface area contributed by atoms with Crippen molar-refractivity contribution in [3.63, 3.8) is 0 Å². The van der Waals surface area contributed by atoms with Gasteiger partial charge in [0.15, 0.2) is 0 Å². The molecule has 0 aromatic rings. The molecule has 0 fully saturated rings. The van der Waals surface area contributed by atoms with Gasteiger partial charge in [-0.05, 0) is 0 Å². The van der Waals surface area contributed by atoms with Crippen molar-refractivity contribution < 1.29 is 13.9 Å². The summed E-state index contributed by atoms with van der Waals surface area (Å²) in [6.07, 6.45) is -0.370. The van der Waals surface area contributed by atoms with Crippen molar-refractivity contribution in [3.05, 3.63) is 0 Å². The van der Waals surface area contributed by atoms with Gasteiger partial charge in [0.05, 0.1) is 12.2 Å². The number of amides is 1. The van der Waals surface area contributed by atoms with Gasteiger partial charge in [-0.2, -0.15) is 0 Å². The summed E-state index contributed by atoms with van der Waals surface area (Å²) in [5.41, 5.74) is 9.61. The van der Waals surface area contributed by atoms with Crippen LogP contribution in [0.4, 0.5) is 0 Å². The molecule has 0 aliphatic rings. The Kier molecular flexibility index (Phi) is 3.12. The topological polar surface area (TPSA) is 103 Å². The zero-order valence-electron chi connectivity index (χ0n) is 4.61. The number of carbonyl (C=O) groups is 1. The predicted molar refractivity (Wildman–Crippen MR) is 30.3 cm³/mol. The fourth-order valence-electron chi connectivity index (χ4n) is 0.251. The Morgan fingerprint density at radius 3 is 2.11 bits per heavy atom. The highest BCUT2D eigenvalue weighted by molar-refractivity contribution is 7.30. The summed E-state index contributed by atoms with van der Waals surface area (Å²) in [5, 5.41) is 0. The van der Waals surface area contributed by atoms with Crippen LogP contribution in [0.5, 0.6) is 0 Å². The number of rotatable bonds is 3. The summed E-state index contributed by atoms with van der Waals surface area (Å²) in [5.74, 6) is -0.797. The minimum Gasteiger partial charge on any atom is -0.368 e. The maximum absolute atomic E-state index is 10.1. The lowest BCUT2D eigenvalue weighted by atomic mass is 10.3. The molecule has 0 radical (unpaired) electrons. The molecule has 1 unspecified atom stereocenters. The van der Waals surface area contributed by atoms with Gasteiger partial charge in [-0.3, -0.25) is 4.79 Å². The molecule has 0 bridgehead atoms. The van der Waals surface area contributed by atoms with Crippen LogP contribution in [-0.2, 0) is 13.9 Å². The third-order valence-electron chi connectivity index (χ3n) is 0.711. The van der Waals surface area contributed by atoms with Gasteiger partial charge >= 0.3 is 7.68 Å². The lowest BCUT2D eigenvalue weighted by Gasteiger charge is -1.97. The summed E-state index contributed by atoms with van der Waals surface area (Å²) in [6, 6.07) is -1.06. The highest BCUT2D eigenvalue weighted by Crippen LogP contribution is 2.02. The normalized spacial score (nSPS) is 12.6. The van der Waals surface area contributed by atoms with Crippen LogP contribution in [0.15, 0.2) is 0 Å². The van der Waals surface area contributed by atoms with Crippen LogP contribution in [0.25, 0.3) is 0 Å². The first-order valence-corrected chi connectivity index (χ1v) is 3.57. The van der Waals surface area contributed by atoms with E-state index < -0.39 is 19.6 Å². The zero-order chi connectivity index (χ0) is 7.44. The SMILES string of the molecule is NC(=O)C(N)CP(=O)=O. The van der Waals surface area contributed by atoms with E-state index in [0.29, 0.717) is 0 Å². The van der Waals surface area contributed by atoms with E-state index in [1.807, 2.05) is 0 Å². The van der Waals surface area contributed by atoms with Gasteiger partial charge in [0, 0.05) is 0 Å². The van der Waals surface area contributed by atoms with Crippen molar-refractivity contribution in [1.29, 1.82) is 0 Å². The van der Waals surface area contributed by atoms with Crippen molar-refractivity contribution in [1.82, 2.24) is 0 Å². The van der Waals surface area contributed by atoms with E-state index >= 15 is 0 Å². The molecule has 0 aromatic heterocycles. The van der Waals surface area contributed by atoms with Crippen LogP contribution in [0, 0.1) is 0 Å². The summed E-state index contributed by atoms with van der Waals surface area (Å²) < 4.78 is 19.7. The molecule has 0 saturated heterocycles. The van der Waals surface area contributed by atoms with E-state index in [4.69, 9.17) is 5.73 Å². The van der Waals surface area contributed by atoms with E-state index in [1.54, 1.807) is 0 Å².